The first-order valence-corrected chi connectivity index (χ1v) is 5.53. The summed E-state index contributed by atoms with van der Waals surface area (Å²) in [5.41, 5.74) is 0. The Kier molecular flexibility index (Phi) is 4.09. The average Bonchev–Trinajstić information content (AvgIpc) is 2.47. The van der Waals surface area contributed by atoms with Gasteiger partial charge in [0.2, 0.25) is 0 Å². The second-order valence-corrected chi connectivity index (χ2v) is 4.33. The number of hydrogen-bond donors (Lipinski definition) is 0. The van der Waals surface area contributed by atoms with Crippen LogP contribution in [0.2, 0.25) is 0 Å². The molecule has 2 nitrogen and oxygen atoms in total. The van der Waals surface area contributed by atoms with Gasteiger partial charge < -0.3 is 4.74 Å². The Morgan fingerprint density at radius 3 is 2.92 bits per heavy atom. The van der Waals surface area contributed by atoms with E-state index < -0.39 is 0 Å². The zero-order valence-electron chi connectivity index (χ0n) is 7.71. The molecule has 1 heterocycles. The predicted octanol–water partition coefficient (Wildman–Crippen LogP) is 1.88. The Morgan fingerprint density at radius 2 is 2.42 bits per heavy atom. The molecule has 0 bridgehead atoms. The third kappa shape index (κ3) is 2.79. The maximum Gasteiger partial charge on any atom is 0.142 e. The molecule has 1 aliphatic rings. The second-order valence-electron chi connectivity index (χ2n) is 3.11. The number of ketones is 1. The van der Waals surface area contributed by atoms with Gasteiger partial charge in [0, 0.05) is 18.3 Å². The Morgan fingerprint density at radius 1 is 1.67 bits per heavy atom. The zero-order valence-corrected chi connectivity index (χ0v) is 8.52. The SMILES string of the molecule is CCC(=O)CSC1CCOC1C. The molecule has 0 N–H and O–H groups in total. The van der Waals surface area contributed by atoms with E-state index in [1.54, 1.807) is 11.8 Å². The molecular weight excluding hydrogens is 172 g/mol. The summed E-state index contributed by atoms with van der Waals surface area (Å²) in [7, 11) is 0. The maximum atomic E-state index is 11.0. The van der Waals surface area contributed by atoms with Crippen LogP contribution in [0.15, 0.2) is 0 Å². The molecule has 0 aromatic carbocycles. The number of rotatable bonds is 4. The molecule has 1 fully saturated rings. The molecule has 1 aliphatic heterocycles. The van der Waals surface area contributed by atoms with Crippen LogP contribution in [0.25, 0.3) is 0 Å². The van der Waals surface area contributed by atoms with Gasteiger partial charge in [0.1, 0.15) is 5.78 Å². The van der Waals surface area contributed by atoms with E-state index in [-0.39, 0.29) is 0 Å². The predicted molar refractivity (Wildman–Crippen MR) is 51.6 cm³/mol. The van der Waals surface area contributed by atoms with Crippen LogP contribution in [0, 0.1) is 0 Å². The van der Waals surface area contributed by atoms with Crippen LogP contribution in [0.3, 0.4) is 0 Å². The minimum Gasteiger partial charge on any atom is -0.377 e. The summed E-state index contributed by atoms with van der Waals surface area (Å²) in [6.07, 6.45) is 2.09. The van der Waals surface area contributed by atoms with Gasteiger partial charge in [-0.1, -0.05) is 6.92 Å². The van der Waals surface area contributed by atoms with Crippen LogP contribution in [0.4, 0.5) is 0 Å². The summed E-state index contributed by atoms with van der Waals surface area (Å²) in [4.78, 5) is 11.0. The minimum absolute atomic E-state index is 0.333. The Bertz CT molecular complexity index is 159. The highest BCUT2D eigenvalue weighted by molar-refractivity contribution is 8.00. The maximum absolute atomic E-state index is 11.0. The van der Waals surface area contributed by atoms with Gasteiger partial charge in [0.05, 0.1) is 11.9 Å². The fourth-order valence-corrected chi connectivity index (χ4v) is 2.45. The van der Waals surface area contributed by atoms with Crippen molar-refractivity contribution in [1.29, 1.82) is 0 Å². The molecule has 12 heavy (non-hydrogen) atoms. The number of Topliss-reactive ketones (excluding diaryl/α,β-unsaturated/α-hetero) is 1. The van der Waals surface area contributed by atoms with Crippen LogP contribution in [-0.4, -0.2) is 29.5 Å². The fraction of sp³-hybridized carbons (Fsp3) is 0.889. The van der Waals surface area contributed by atoms with Gasteiger partial charge in [0.15, 0.2) is 0 Å². The van der Waals surface area contributed by atoms with Crippen LogP contribution in [0.5, 0.6) is 0 Å². The summed E-state index contributed by atoms with van der Waals surface area (Å²) in [5.74, 6) is 1.01. The summed E-state index contributed by atoms with van der Waals surface area (Å²) in [5, 5.41) is 0.542. The van der Waals surface area contributed by atoms with Gasteiger partial charge in [-0.15, -0.1) is 11.8 Å². The molecule has 2 unspecified atom stereocenters. The summed E-state index contributed by atoms with van der Waals surface area (Å²) >= 11 is 1.75. The normalized spacial score (nSPS) is 29.2. The van der Waals surface area contributed by atoms with E-state index in [4.69, 9.17) is 4.74 Å². The summed E-state index contributed by atoms with van der Waals surface area (Å²) < 4.78 is 5.40. The van der Waals surface area contributed by atoms with Crippen LogP contribution in [-0.2, 0) is 9.53 Å². The van der Waals surface area contributed by atoms with E-state index in [1.807, 2.05) is 6.92 Å². The van der Waals surface area contributed by atoms with Crippen molar-refractivity contribution >= 4 is 17.5 Å². The van der Waals surface area contributed by atoms with E-state index in [9.17, 15) is 4.79 Å². The van der Waals surface area contributed by atoms with Crippen LogP contribution >= 0.6 is 11.8 Å². The largest absolute Gasteiger partial charge is 0.377 e. The number of ether oxygens (including phenoxy) is 1. The van der Waals surface area contributed by atoms with E-state index in [2.05, 4.69) is 6.92 Å². The molecule has 0 aliphatic carbocycles. The smallest absolute Gasteiger partial charge is 0.142 e. The third-order valence-corrected chi connectivity index (χ3v) is 3.70. The molecule has 1 rings (SSSR count). The van der Waals surface area contributed by atoms with Crippen LogP contribution in [0.1, 0.15) is 26.7 Å². The van der Waals surface area contributed by atoms with Crippen molar-refractivity contribution in [3.63, 3.8) is 0 Å². The first-order valence-electron chi connectivity index (χ1n) is 4.49. The van der Waals surface area contributed by atoms with E-state index in [0.29, 0.717) is 29.3 Å². The monoisotopic (exact) mass is 188 g/mol. The van der Waals surface area contributed by atoms with E-state index >= 15 is 0 Å². The first kappa shape index (κ1) is 10.1. The molecule has 1 saturated heterocycles. The minimum atomic E-state index is 0.333. The highest BCUT2D eigenvalue weighted by Gasteiger charge is 2.24. The lowest BCUT2D eigenvalue weighted by molar-refractivity contribution is -0.116. The van der Waals surface area contributed by atoms with E-state index in [1.165, 1.54) is 0 Å². The van der Waals surface area contributed by atoms with Gasteiger partial charge in [-0.3, -0.25) is 4.79 Å². The summed E-state index contributed by atoms with van der Waals surface area (Å²) in [6, 6.07) is 0. The molecule has 0 aromatic rings. The molecule has 0 aromatic heterocycles. The zero-order chi connectivity index (χ0) is 8.97. The van der Waals surface area contributed by atoms with Crippen molar-refractivity contribution in [2.75, 3.05) is 12.4 Å². The standard InChI is InChI=1S/C9H16O2S/c1-3-8(10)6-12-9-4-5-11-7(9)2/h7,9H,3-6H2,1-2H3. The number of hydrogen-bond acceptors (Lipinski definition) is 3. The molecule has 0 amide bonds. The van der Waals surface area contributed by atoms with Gasteiger partial charge in [-0.25, -0.2) is 0 Å². The lowest BCUT2D eigenvalue weighted by Crippen LogP contribution is -2.15. The Hall–Kier alpha value is -0.0200. The van der Waals surface area contributed by atoms with Crippen molar-refractivity contribution in [3.8, 4) is 0 Å². The molecule has 0 spiro atoms. The van der Waals surface area contributed by atoms with Gasteiger partial charge >= 0.3 is 0 Å². The highest BCUT2D eigenvalue weighted by atomic mass is 32.2. The van der Waals surface area contributed by atoms with E-state index in [0.717, 1.165) is 13.0 Å². The molecular formula is C9H16O2S. The summed E-state index contributed by atoms with van der Waals surface area (Å²) in [6.45, 7) is 4.86. The average molecular weight is 188 g/mol. The highest BCUT2D eigenvalue weighted by Crippen LogP contribution is 2.26. The third-order valence-electron chi connectivity index (χ3n) is 2.16. The molecule has 70 valence electrons. The number of carbonyl (C=O) groups excluding carboxylic acids is 1. The van der Waals surface area contributed by atoms with Gasteiger partial charge in [-0.05, 0) is 13.3 Å². The first-order chi connectivity index (χ1) is 5.74. The molecule has 0 saturated carbocycles. The van der Waals surface area contributed by atoms with Crippen molar-refractivity contribution in [3.05, 3.63) is 0 Å². The quantitative estimate of drug-likeness (QED) is 0.674. The lowest BCUT2D eigenvalue weighted by Gasteiger charge is -2.12. The van der Waals surface area contributed by atoms with Crippen molar-refractivity contribution in [2.24, 2.45) is 0 Å². The molecule has 3 heteroatoms. The Balaban J connectivity index is 2.18. The lowest BCUT2D eigenvalue weighted by atomic mass is 10.3. The number of thioether (sulfide) groups is 1. The fourth-order valence-electron chi connectivity index (χ4n) is 1.23. The molecule has 2 atom stereocenters. The van der Waals surface area contributed by atoms with Gasteiger partial charge in [0.25, 0.3) is 0 Å². The molecule has 0 radical (unpaired) electrons. The van der Waals surface area contributed by atoms with Crippen LogP contribution < -0.4 is 0 Å². The van der Waals surface area contributed by atoms with Gasteiger partial charge in [-0.2, -0.15) is 0 Å². The number of carbonyl (C=O) groups is 1. The Labute approximate surface area is 78.1 Å². The van der Waals surface area contributed by atoms with Crippen molar-refractivity contribution in [1.82, 2.24) is 0 Å². The second kappa shape index (κ2) is 4.87. The van der Waals surface area contributed by atoms with Crippen molar-refractivity contribution in [2.45, 2.75) is 38.0 Å². The van der Waals surface area contributed by atoms with Crippen molar-refractivity contribution < 1.29 is 9.53 Å². The topological polar surface area (TPSA) is 26.3 Å².